The maximum Gasteiger partial charge on any atom is 0.311 e. The number of hydrogen-bond acceptors (Lipinski definition) is 8. The molecule has 4 rings (SSSR count). The number of nitrogens with zero attached hydrogens (tertiary/aromatic N) is 3. The van der Waals surface area contributed by atoms with Gasteiger partial charge in [0, 0.05) is 30.3 Å². The summed E-state index contributed by atoms with van der Waals surface area (Å²) >= 11 is 6.21. The molecule has 0 atom stereocenters. The van der Waals surface area contributed by atoms with Crippen molar-refractivity contribution < 1.29 is 24.4 Å². The summed E-state index contributed by atoms with van der Waals surface area (Å²) in [6.45, 7) is 1.08. The Labute approximate surface area is 203 Å². The highest BCUT2D eigenvalue weighted by molar-refractivity contribution is 8.26. The monoisotopic (exact) mass is 498 g/mol. The Bertz CT molecular complexity index is 1300. The number of thioether (sulfide) groups is 1. The van der Waals surface area contributed by atoms with E-state index in [2.05, 4.69) is 10.4 Å². The van der Waals surface area contributed by atoms with E-state index >= 15 is 0 Å². The predicted molar refractivity (Wildman–Crippen MR) is 132 cm³/mol. The van der Waals surface area contributed by atoms with Crippen LogP contribution >= 0.6 is 24.0 Å². The van der Waals surface area contributed by atoms with E-state index < -0.39 is 10.9 Å². The van der Waals surface area contributed by atoms with Crippen LogP contribution in [-0.2, 0) is 9.59 Å². The van der Waals surface area contributed by atoms with Gasteiger partial charge in [0.25, 0.3) is 11.9 Å². The number of nitrogens with one attached hydrogen (secondary N) is 1. The lowest BCUT2D eigenvalue weighted by Gasteiger charge is -2.04. The topological polar surface area (TPSA) is 137 Å². The zero-order valence-corrected chi connectivity index (χ0v) is 19.6. The highest BCUT2D eigenvalue weighted by atomic mass is 32.2. The molecular formula is C22H18N4O6S2. The molecule has 3 aromatic rings. The smallest absolute Gasteiger partial charge is 0.311 e. The Hall–Kier alpha value is -4.03. The molecular weight excluding hydrogens is 480 g/mol. The number of nitro groups is 1. The van der Waals surface area contributed by atoms with E-state index in [0.29, 0.717) is 26.0 Å². The van der Waals surface area contributed by atoms with Gasteiger partial charge in [-0.05, 0) is 30.3 Å². The van der Waals surface area contributed by atoms with E-state index in [1.165, 1.54) is 19.2 Å². The number of hydrogen-bond donors (Lipinski definition) is 2. The maximum atomic E-state index is 12.1. The van der Waals surface area contributed by atoms with Crippen LogP contribution in [0.5, 0.6) is 5.75 Å². The molecule has 2 aromatic carbocycles. The van der Waals surface area contributed by atoms with Crippen molar-refractivity contribution in [1.29, 1.82) is 0 Å². The summed E-state index contributed by atoms with van der Waals surface area (Å²) in [5.41, 5.74) is 2.28. The molecule has 1 aromatic heterocycles. The summed E-state index contributed by atoms with van der Waals surface area (Å²) in [4.78, 5) is 32.5. The molecule has 1 fully saturated rings. The quantitative estimate of drug-likeness (QED) is 0.231. The van der Waals surface area contributed by atoms with Gasteiger partial charge in [-0.1, -0.05) is 42.2 Å². The number of carbonyl (C=O) groups excluding carboxylic acids is 1. The molecule has 1 aliphatic heterocycles. The van der Waals surface area contributed by atoms with Gasteiger partial charge in [0.2, 0.25) is 0 Å². The van der Waals surface area contributed by atoms with E-state index in [4.69, 9.17) is 26.9 Å². The lowest BCUT2D eigenvalue weighted by Crippen LogP contribution is -2.17. The van der Waals surface area contributed by atoms with Crippen LogP contribution in [0.25, 0.3) is 23.0 Å². The van der Waals surface area contributed by atoms with E-state index in [9.17, 15) is 14.9 Å². The normalized spacial score (nSPS) is 13.8. The summed E-state index contributed by atoms with van der Waals surface area (Å²) in [5, 5.41) is 26.1. The van der Waals surface area contributed by atoms with Crippen molar-refractivity contribution in [2.45, 2.75) is 6.92 Å². The number of para-hydroxylation sites is 1. The van der Waals surface area contributed by atoms with Crippen LogP contribution in [0.15, 0.2) is 59.6 Å². The SMILES string of the molecule is CC(=O)O.COc1ccc(-c2nn(-c3ccccc3)cc2C=C2SC(=S)NC2=O)cc1[N+](=O)[O-]. The number of aromatic nitrogens is 2. The van der Waals surface area contributed by atoms with Crippen LogP contribution in [0.2, 0.25) is 0 Å². The van der Waals surface area contributed by atoms with E-state index in [-0.39, 0.29) is 17.3 Å². The Morgan fingerprint density at radius 3 is 2.53 bits per heavy atom. The minimum Gasteiger partial charge on any atom is -0.490 e. The van der Waals surface area contributed by atoms with E-state index in [0.717, 1.165) is 24.4 Å². The third-order valence-corrected chi connectivity index (χ3v) is 5.50. The summed E-state index contributed by atoms with van der Waals surface area (Å²) in [5.74, 6) is -0.966. The second-order valence-corrected chi connectivity index (χ2v) is 8.45. The number of carbonyl (C=O) groups is 2. The number of carboxylic acid groups (broad SMARTS) is 1. The summed E-state index contributed by atoms with van der Waals surface area (Å²) in [7, 11) is 1.38. The third kappa shape index (κ3) is 5.85. The zero-order valence-electron chi connectivity index (χ0n) is 17.9. The Morgan fingerprint density at radius 1 is 1.29 bits per heavy atom. The molecule has 34 heavy (non-hydrogen) atoms. The van der Waals surface area contributed by atoms with Gasteiger partial charge in [0.1, 0.15) is 10.0 Å². The fraction of sp³-hybridized carbons (Fsp3) is 0.0909. The van der Waals surface area contributed by atoms with E-state index in [1.54, 1.807) is 23.0 Å². The molecule has 2 heterocycles. The number of benzene rings is 2. The van der Waals surface area contributed by atoms with Gasteiger partial charge in [-0.15, -0.1) is 0 Å². The molecule has 0 saturated carbocycles. The second-order valence-electron chi connectivity index (χ2n) is 6.73. The highest BCUT2D eigenvalue weighted by Gasteiger charge is 2.24. The van der Waals surface area contributed by atoms with Crippen LogP contribution < -0.4 is 10.1 Å². The first-order valence-electron chi connectivity index (χ1n) is 9.62. The molecule has 12 heteroatoms. The first-order chi connectivity index (χ1) is 16.2. The highest BCUT2D eigenvalue weighted by Crippen LogP contribution is 2.35. The number of aliphatic carboxylic acids is 1. The van der Waals surface area contributed by atoms with Gasteiger partial charge in [-0.2, -0.15) is 5.10 Å². The van der Waals surface area contributed by atoms with Crippen molar-refractivity contribution in [3.8, 4) is 22.7 Å². The fourth-order valence-electron chi connectivity index (χ4n) is 2.97. The standard InChI is InChI=1S/C20H14N4O4S2.C2H4O2/c1-28-16-8-7-12(9-15(16)24(26)27)18-13(10-17-19(25)21-20(29)30-17)11-23(22-18)14-5-3-2-4-6-14;1-2(3)4/h2-11H,1H3,(H,21,25,29);1H3,(H,3,4). The number of nitro benzene ring substituents is 1. The molecule has 0 aliphatic carbocycles. The first-order valence-corrected chi connectivity index (χ1v) is 10.8. The van der Waals surface area contributed by atoms with Gasteiger partial charge in [0.15, 0.2) is 5.75 Å². The molecule has 0 bridgehead atoms. The van der Waals surface area contributed by atoms with Gasteiger partial charge < -0.3 is 15.2 Å². The minimum atomic E-state index is -0.833. The Balaban J connectivity index is 0.000000751. The molecule has 1 aliphatic rings. The summed E-state index contributed by atoms with van der Waals surface area (Å²) < 4.78 is 7.12. The van der Waals surface area contributed by atoms with Gasteiger partial charge in [-0.3, -0.25) is 19.7 Å². The summed E-state index contributed by atoms with van der Waals surface area (Å²) in [6.07, 6.45) is 3.44. The number of amides is 1. The van der Waals surface area contributed by atoms with Crippen molar-refractivity contribution in [2.24, 2.45) is 0 Å². The molecule has 10 nitrogen and oxygen atoms in total. The van der Waals surface area contributed by atoms with Crippen LogP contribution in [0.1, 0.15) is 12.5 Å². The number of thiocarbonyl (C=S) groups is 1. The van der Waals surface area contributed by atoms with Crippen LogP contribution in [0.4, 0.5) is 5.69 Å². The molecule has 0 unspecified atom stereocenters. The van der Waals surface area contributed by atoms with Crippen molar-refractivity contribution in [3.05, 3.63) is 75.3 Å². The van der Waals surface area contributed by atoms with Crippen molar-refractivity contribution >= 4 is 51.9 Å². The van der Waals surface area contributed by atoms with Crippen molar-refractivity contribution in [1.82, 2.24) is 15.1 Å². The van der Waals surface area contributed by atoms with Crippen molar-refractivity contribution in [2.75, 3.05) is 7.11 Å². The largest absolute Gasteiger partial charge is 0.490 e. The van der Waals surface area contributed by atoms with Crippen LogP contribution in [-0.4, -0.2) is 43.1 Å². The number of carboxylic acids is 1. The Morgan fingerprint density at radius 2 is 1.97 bits per heavy atom. The molecule has 0 radical (unpaired) electrons. The number of methoxy groups -OCH3 is 1. The van der Waals surface area contributed by atoms with E-state index in [1.807, 2.05) is 30.3 Å². The second kappa shape index (κ2) is 10.7. The molecule has 1 amide bonds. The lowest BCUT2D eigenvalue weighted by atomic mass is 10.1. The fourth-order valence-corrected chi connectivity index (χ4v) is 4.01. The zero-order chi connectivity index (χ0) is 24.8. The summed E-state index contributed by atoms with van der Waals surface area (Å²) in [6, 6.07) is 14.1. The molecule has 2 N–H and O–H groups in total. The minimum absolute atomic E-state index is 0.155. The average Bonchev–Trinajstić information content (AvgIpc) is 3.36. The van der Waals surface area contributed by atoms with Gasteiger partial charge in [-0.25, -0.2) is 4.68 Å². The Kier molecular flexibility index (Phi) is 7.76. The van der Waals surface area contributed by atoms with Gasteiger partial charge >= 0.3 is 5.69 Å². The van der Waals surface area contributed by atoms with Crippen LogP contribution in [0, 0.1) is 10.1 Å². The maximum absolute atomic E-state index is 12.1. The van der Waals surface area contributed by atoms with Crippen LogP contribution in [0.3, 0.4) is 0 Å². The third-order valence-electron chi connectivity index (χ3n) is 4.34. The lowest BCUT2D eigenvalue weighted by molar-refractivity contribution is -0.385. The molecule has 0 spiro atoms. The number of ether oxygens (including phenoxy) is 1. The first kappa shape index (κ1) is 24.6. The number of rotatable bonds is 5. The molecule has 1 saturated heterocycles. The van der Waals surface area contributed by atoms with Crippen molar-refractivity contribution in [3.63, 3.8) is 0 Å². The molecule has 174 valence electrons. The predicted octanol–water partition coefficient (Wildman–Crippen LogP) is 4.04. The average molecular weight is 499 g/mol. The van der Waals surface area contributed by atoms with Gasteiger partial charge in [0.05, 0.1) is 22.6 Å².